The molecule has 10 heteroatoms. The number of hydrogen-bond acceptors (Lipinski definition) is 8. The molecular formula is C16H19N7O2S. The number of piperidine rings is 1. The van der Waals surface area contributed by atoms with Crippen LogP contribution in [-0.4, -0.2) is 52.9 Å². The van der Waals surface area contributed by atoms with Crippen LogP contribution in [-0.2, 0) is 9.84 Å². The molecule has 3 aromatic rings. The number of H-pyrrole nitrogens is 1. The molecule has 3 N–H and O–H groups in total. The average Bonchev–Trinajstić information content (AvgIpc) is 3.12. The van der Waals surface area contributed by atoms with Crippen molar-refractivity contribution in [2.75, 3.05) is 30.0 Å². The van der Waals surface area contributed by atoms with Crippen LogP contribution in [0.5, 0.6) is 0 Å². The number of aromatic nitrogens is 5. The topological polar surface area (TPSA) is 131 Å². The quantitative estimate of drug-likeness (QED) is 0.698. The lowest BCUT2D eigenvalue weighted by Crippen LogP contribution is -2.35. The molecule has 1 saturated heterocycles. The van der Waals surface area contributed by atoms with Gasteiger partial charge < -0.3 is 10.6 Å². The Balaban J connectivity index is 1.66. The van der Waals surface area contributed by atoms with Crippen LogP contribution in [0.4, 0.5) is 11.6 Å². The van der Waals surface area contributed by atoms with Crippen LogP contribution in [0.3, 0.4) is 0 Å². The predicted molar refractivity (Wildman–Crippen MR) is 97.6 cm³/mol. The molecule has 136 valence electrons. The maximum Gasteiger partial charge on any atom is 0.178 e. The van der Waals surface area contributed by atoms with Crippen LogP contribution in [0, 0.1) is 0 Å². The fraction of sp³-hybridized carbons (Fsp3) is 0.375. The zero-order valence-corrected chi connectivity index (χ0v) is 15.1. The van der Waals surface area contributed by atoms with Crippen molar-refractivity contribution in [1.29, 1.82) is 0 Å². The molecule has 9 nitrogen and oxygen atoms in total. The van der Waals surface area contributed by atoms with Crippen LogP contribution >= 0.6 is 0 Å². The monoisotopic (exact) mass is 373 g/mol. The number of anilines is 2. The van der Waals surface area contributed by atoms with E-state index in [1.807, 2.05) is 12.1 Å². The number of sulfone groups is 1. The Bertz CT molecular complexity index is 1060. The van der Waals surface area contributed by atoms with Gasteiger partial charge in [0.1, 0.15) is 22.6 Å². The minimum atomic E-state index is -3.32. The first-order valence-corrected chi connectivity index (χ1v) is 10.2. The number of pyridine rings is 1. The van der Waals surface area contributed by atoms with E-state index in [4.69, 9.17) is 5.73 Å². The average molecular weight is 373 g/mol. The van der Waals surface area contributed by atoms with E-state index in [0.717, 1.165) is 25.2 Å². The minimum absolute atomic E-state index is 0.0397. The Morgan fingerprint density at radius 3 is 2.96 bits per heavy atom. The zero-order valence-electron chi connectivity index (χ0n) is 14.3. The molecule has 4 rings (SSSR count). The third-order valence-electron chi connectivity index (χ3n) is 4.68. The van der Waals surface area contributed by atoms with E-state index in [-0.39, 0.29) is 10.8 Å². The van der Waals surface area contributed by atoms with Crippen LogP contribution in [0.25, 0.3) is 11.0 Å². The van der Waals surface area contributed by atoms with Crippen LogP contribution in [0.15, 0.2) is 29.6 Å². The molecule has 26 heavy (non-hydrogen) atoms. The Hall–Kier alpha value is -2.75. The number of aromatic amines is 1. The highest BCUT2D eigenvalue weighted by Gasteiger charge is 2.28. The highest BCUT2D eigenvalue weighted by molar-refractivity contribution is 7.90. The largest absolute Gasteiger partial charge is 0.382 e. The van der Waals surface area contributed by atoms with Gasteiger partial charge in [-0.05, 0) is 25.0 Å². The summed E-state index contributed by atoms with van der Waals surface area (Å²) < 4.78 is 24.0. The molecule has 0 aromatic carbocycles. The van der Waals surface area contributed by atoms with Crippen LogP contribution < -0.4 is 10.6 Å². The van der Waals surface area contributed by atoms with E-state index >= 15 is 0 Å². The van der Waals surface area contributed by atoms with E-state index < -0.39 is 9.84 Å². The van der Waals surface area contributed by atoms with Gasteiger partial charge in [0.25, 0.3) is 0 Å². The summed E-state index contributed by atoms with van der Waals surface area (Å²) in [4.78, 5) is 15.2. The van der Waals surface area contributed by atoms with Gasteiger partial charge in [-0.15, -0.1) is 0 Å². The molecule has 0 aliphatic carbocycles. The molecule has 1 unspecified atom stereocenters. The molecule has 3 aromatic heterocycles. The number of nitrogens with zero attached hydrogens (tertiary/aromatic N) is 5. The number of fused-ring (bicyclic) bond motifs is 1. The molecule has 4 heterocycles. The summed E-state index contributed by atoms with van der Waals surface area (Å²) in [7, 11) is -3.32. The molecule has 1 fully saturated rings. The number of nitrogens with one attached hydrogen (secondary N) is 1. The van der Waals surface area contributed by atoms with E-state index in [2.05, 4.69) is 30.0 Å². The fourth-order valence-electron chi connectivity index (χ4n) is 3.42. The first-order chi connectivity index (χ1) is 12.4. The number of rotatable bonds is 3. The van der Waals surface area contributed by atoms with Crippen LogP contribution in [0.2, 0.25) is 0 Å². The Morgan fingerprint density at radius 1 is 1.31 bits per heavy atom. The SMILES string of the molecule is CS(=O)(=O)c1cn[nH]c1C1CCCN(c2ccc3ncnc(N)c3n2)C1. The number of nitrogens with two attached hydrogens (primary N) is 1. The zero-order chi connectivity index (χ0) is 18.3. The standard InChI is InChI=1S/C16H19N7O2S/c1-26(24,25)12-7-20-22-14(12)10-3-2-6-23(8-10)13-5-4-11-15(21-13)16(17)19-9-18-11/h4-5,7,9-10H,2-3,6,8H2,1H3,(H,20,22)(H2,17,18,19). The maximum atomic E-state index is 12.0. The van der Waals surface area contributed by atoms with Gasteiger partial charge in [0.15, 0.2) is 15.7 Å². The predicted octanol–water partition coefficient (Wildman–Crippen LogP) is 1.12. The van der Waals surface area contributed by atoms with Crippen molar-refractivity contribution >= 4 is 32.5 Å². The molecule has 1 aliphatic heterocycles. The van der Waals surface area contributed by atoms with E-state index in [0.29, 0.717) is 29.1 Å². The third kappa shape index (κ3) is 2.96. The van der Waals surface area contributed by atoms with Gasteiger partial charge in [0.2, 0.25) is 0 Å². The number of hydrogen-bond donors (Lipinski definition) is 2. The molecule has 0 spiro atoms. The van der Waals surface area contributed by atoms with E-state index in [1.165, 1.54) is 18.8 Å². The summed E-state index contributed by atoms with van der Waals surface area (Å²) >= 11 is 0. The second-order valence-corrected chi connectivity index (χ2v) is 8.49. The summed E-state index contributed by atoms with van der Waals surface area (Å²) in [6, 6.07) is 3.78. The van der Waals surface area contributed by atoms with Gasteiger partial charge in [-0.2, -0.15) is 5.10 Å². The van der Waals surface area contributed by atoms with E-state index in [9.17, 15) is 8.42 Å². The van der Waals surface area contributed by atoms with Gasteiger partial charge in [-0.3, -0.25) is 5.10 Å². The lowest BCUT2D eigenvalue weighted by Gasteiger charge is -2.33. The van der Waals surface area contributed by atoms with Gasteiger partial charge in [0, 0.05) is 25.3 Å². The first kappa shape index (κ1) is 16.7. The van der Waals surface area contributed by atoms with E-state index in [1.54, 1.807) is 0 Å². The van der Waals surface area contributed by atoms with Gasteiger partial charge >= 0.3 is 0 Å². The normalized spacial score (nSPS) is 18.3. The maximum absolute atomic E-state index is 12.0. The molecule has 0 bridgehead atoms. The Kier molecular flexibility index (Phi) is 3.98. The molecule has 0 amide bonds. The van der Waals surface area contributed by atoms with Crippen molar-refractivity contribution in [3.05, 3.63) is 30.4 Å². The minimum Gasteiger partial charge on any atom is -0.382 e. The highest BCUT2D eigenvalue weighted by Crippen LogP contribution is 2.32. The second kappa shape index (κ2) is 6.20. The van der Waals surface area contributed by atoms with Crippen molar-refractivity contribution in [1.82, 2.24) is 25.1 Å². The third-order valence-corrected chi connectivity index (χ3v) is 5.81. The smallest absolute Gasteiger partial charge is 0.178 e. The Labute approximate surface area is 150 Å². The molecule has 1 aliphatic rings. The lowest BCUT2D eigenvalue weighted by atomic mass is 9.95. The molecule has 0 radical (unpaired) electrons. The summed E-state index contributed by atoms with van der Waals surface area (Å²) in [6.07, 6.45) is 5.82. The first-order valence-electron chi connectivity index (χ1n) is 8.29. The second-order valence-electron chi connectivity index (χ2n) is 6.50. The van der Waals surface area contributed by atoms with Gasteiger partial charge in [-0.25, -0.2) is 23.4 Å². The summed E-state index contributed by atoms with van der Waals surface area (Å²) in [5.74, 6) is 1.17. The Morgan fingerprint density at radius 2 is 2.15 bits per heavy atom. The molecule has 0 saturated carbocycles. The van der Waals surface area contributed by atoms with Gasteiger partial charge in [-0.1, -0.05) is 0 Å². The van der Waals surface area contributed by atoms with Crippen molar-refractivity contribution in [3.8, 4) is 0 Å². The van der Waals surface area contributed by atoms with Crippen molar-refractivity contribution in [2.45, 2.75) is 23.7 Å². The lowest BCUT2D eigenvalue weighted by molar-refractivity contribution is 0.492. The summed E-state index contributed by atoms with van der Waals surface area (Å²) in [5, 5.41) is 6.82. The van der Waals surface area contributed by atoms with Crippen molar-refractivity contribution in [3.63, 3.8) is 0 Å². The van der Waals surface area contributed by atoms with Crippen molar-refractivity contribution < 1.29 is 8.42 Å². The molecular weight excluding hydrogens is 354 g/mol. The summed E-state index contributed by atoms with van der Waals surface area (Å²) in [6.45, 7) is 1.49. The molecule has 1 atom stereocenters. The van der Waals surface area contributed by atoms with Gasteiger partial charge in [0.05, 0.1) is 17.4 Å². The fourth-order valence-corrected chi connectivity index (χ4v) is 4.27. The van der Waals surface area contributed by atoms with Crippen molar-refractivity contribution in [2.24, 2.45) is 0 Å². The van der Waals surface area contributed by atoms with Crippen LogP contribution in [0.1, 0.15) is 24.5 Å². The highest BCUT2D eigenvalue weighted by atomic mass is 32.2. The number of nitrogen functional groups attached to an aromatic ring is 1. The summed E-state index contributed by atoms with van der Waals surface area (Å²) in [5.41, 5.74) is 7.85.